The van der Waals surface area contributed by atoms with E-state index in [0.29, 0.717) is 22.6 Å². The predicted molar refractivity (Wildman–Crippen MR) is 80.4 cm³/mol. The molecule has 0 fully saturated rings. The summed E-state index contributed by atoms with van der Waals surface area (Å²) in [5.41, 5.74) is 2.23. The summed E-state index contributed by atoms with van der Waals surface area (Å²) < 4.78 is 5.71. The molecule has 0 spiro atoms. The van der Waals surface area contributed by atoms with Gasteiger partial charge in [-0.15, -0.1) is 0 Å². The number of hydrogen-bond donors (Lipinski definition) is 2. The summed E-state index contributed by atoms with van der Waals surface area (Å²) in [7, 11) is 0. The average molecular weight is 300 g/mol. The number of carboxylic acid groups (broad SMARTS) is 2. The maximum atomic E-state index is 10.9. The minimum Gasteiger partial charge on any atom is -0.481 e. The molecule has 0 heterocycles. The molecule has 0 aromatic heterocycles. The van der Waals surface area contributed by atoms with Crippen LogP contribution in [0.2, 0.25) is 0 Å². The van der Waals surface area contributed by atoms with Gasteiger partial charge in [0.05, 0.1) is 12.8 Å². The molecular weight excluding hydrogens is 284 g/mol. The van der Waals surface area contributed by atoms with Gasteiger partial charge in [0.15, 0.2) is 0 Å². The molecular formula is C17H16O5. The van der Waals surface area contributed by atoms with Gasteiger partial charge in [0.25, 0.3) is 0 Å². The minimum absolute atomic E-state index is 0.0466. The lowest BCUT2D eigenvalue weighted by molar-refractivity contribution is -0.137. The highest BCUT2D eigenvalue weighted by Crippen LogP contribution is 2.27. The highest BCUT2D eigenvalue weighted by molar-refractivity contribution is 5.71. The van der Waals surface area contributed by atoms with Gasteiger partial charge >= 0.3 is 11.9 Å². The molecule has 0 aliphatic rings. The van der Waals surface area contributed by atoms with Crippen LogP contribution in [0.25, 0.3) is 0 Å². The zero-order valence-corrected chi connectivity index (χ0v) is 12.1. The molecule has 2 N–H and O–H groups in total. The van der Waals surface area contributed by atoms with E-state index in [2.05, 4.69) is 0 Å². The number of rotatable bonds is 6. The van der Waals surface area contributed by atoms with E-state index >= 15 is 0 Å². The van der Waals surface area contributed by atoms with Crippen LogP contribution in [0, 0.1) is 6.92 Å². The van der Waals surface area contributed by atoms with Crippen LogP contribution in [0.5, 0.6) is 11.5 Å². The van der Waals surface area contributed by atoms with Gasteiger partial charge in [0.1, 0.15) is 11.5 Å². The van der Waals surface area contributed by atoms with E-state index in [0.717, 1.165) is 5.56 Å². The standard InChI is InChI=1S/C17H16O5/c1-11-2-7-15(13(8-11)10-17(20)21)22-14-5-3-12(4-6-14)9-16(18)19/h2-8H,9-10H2,1H3,(H,18,19)(H,20,21). The van der Waals surface area contributed by atoms with Gasteiger partial charge in [-0.3, -0.25) is 9.59 Å². The third-order valence-corrected chi connectivity index (χ3v) is 3.06. The van der Waals surface area contributed by atoms with Gasteiger partial charge in [-0.2, -0.15) is 0 Å². The Balaban J connectivity index is 2.19. The van der Waals surface area contributed by atoms with Crippen molar-refractivity contribution in [2.45, 2.75) is 19.8 Å². The van der Waals surface area contributed by atoms with Gasteiger partial charge in [0, 0.05) is 5.56 Å². The van der Waals surface area contributed by atoms with Crippen molar-refractivity contribution < 1.29 is 24.5 Å². The molecule has 0 aliphatic heterocycles. The molecule has 0 radical (unpaired) electrons. The fourth-order valence-corrected chi connectivity index (χ4v) is 2.09. The van der Waals surface area contributed by atoms with Crippen LogP contribution >= 0.6 is 0 Å². The van der Waals surface area contributed by atoms with Crippen LogP contribution in [0.15, 0.2) is 42.5 Å². The van der Waals surface area contributed by atoms with Gasteiger partial charge in [0.2, 0.25) is 0 Å². The molecule has 5 heteroatoms. The largest absolute Gasteiger partial charge is 0.481 e. The van der Waals surface area contributed by atoms with Crippen molar-refractivity contribution in [1.29, 1.82) is 0 Å². The summed E-state index contributed by atoms with van der Waals surface area (Å²) in [4.78, 5) is 21.6. The fourth-order valence-electron chi connectivity index (χ4n) is 2.09. The van der Waals surface area contributed by atoms with E-state index < -0.39 is 11.9 Å². The van der Waals surface area contributed by atoms with E-state index in [4.69, 9.17) is 14.9 Å². The Morgan fingerprint density at radius 1 is 0.955 bits per heavy atom. The van der Waals surface area contributed by atoms with E-state index in [1.165, 1.54) is 0 Å². The smallest absolute Gasteiger partial charge is 0.307 e. The van der Waals surface area contributed by atoms with Crippen LogP contribution in [0.3, 0.4) is 0 Å². The molecule has 0 saturated heterocycles. The second kappa shape index (κ2) is 6.76. The maximum Gasteiger partial charge on any atom is 0.307 e. The van der Waals surface area contributed by atoms with E-state index in [9.17, 15) is 9.59 Å². The second-order valence-corrected chi connectivity index (χ2v) is 5.00. The first-order valence-electron chi connectivity index (χ1n) is 6.74. The van der Waals surface area contributed by atoms with Gasteiger partial charge in [-0.05, 0) is 30.7 Å². The summed E-state index contributed by atoms with van der Waals surface area (Å²) in [5.74, 6) is -0.799. The minimum atomic E-state index is -0.924. The van der Waals surface area contributed by atoms with Crippen LogP contribution in [-0.2, 0) is 22.4 Å². The first-order chi connectivity index (χ1) is 10.4. The van der Waals surface area contributed by atoms with Gasteiger partial charge in [-0.25, -0.2) is 0 Å². The van der Waals surface area contributed by atoms with Crippen molar-refractivity contribution in [3.63, 3.8) is 0 Å². The zero-order chi connectivity index (χ0) is 16.1. The molecule has 2 rings (SSSR count). The summed E-state index contributed by atoms with van der Waals surface area (Å²) in [5, 5.41) is 17.7. The Morgan fingerprint density at radius 3 is 2.18 bits per heavy atom. The number of hydrogen-bond acceptors (Lipinski definition) is 3. The molecule has 0 amide bonds. The Hall–Kier alpha value is -2.82. The molecule has 0 atom stereocenters. The highest BCUT2D eigenvalue weighted by atomic mass is 16.5. The van der Waals surface area contributed by atoms with E-state index in [1.807, 2.05) is 13.0 Å². The Bertz CT molecular complexity index is 689. The van der Waals surface area contributed by atoms with Crippen LogP contribution < -0.4 is 4.74 Å². The first kappa shape index (κ1) is 15.6. The molecule has 2 aromatic carbocycles. The fraction of sp³-hybridized carbons (Fsp3) is 0.176. The number of carboxylic acids is 2. The van der Waals surface area contributed by atoms with Crippen LogP contribution in [0.1, 0.15) is 16.7 Å². The predicted octanol–water partition coefficient (Wildman–Crippen LogP) is 3.04. The third kappa shape index (κ3) is 4.34. The van der Waals surface area contributed by atoms with Crippen molar-refractivity contribution in [2.75, 3.05) is 0 Å². The molecule has 0 saturated carbocycles. The van der Waals surface area contributed by atoms with Gasteiger partial charge < -0.3 is 14.9 Å². The lowest BCUT2D eigenvalue weighted by Crippen LogP contribution is -2.02. The molecule has 0 aliphatic carbocycles. The highest BCUT2D eigenvalue weighted by Gasteiger charge is 2.10. The Morgan fingerprint density at radius 2 is 1.59 bits per heavy atom. The number of benzene rings is 2. The number of carbonyl (C=O) groups is 2. The SMILES string of the molecule is Cc1ccc(Oc2ccc(CC(=O)O)cc2)c(CC(=O)O)c1. The Labute approximate surface area is 127 Å². The topological polar surface area (TPSA) is 83.8 Å². The zero-order valence-electron chi connectivity index (χ0n) is 12.1. The molecule has 0 bridgehead atoms. The van der Waals surface area contributed by atoms with Crippen molar-refractivity contribution in [1.82, 2.24) is 0 Å². The average Bonchev–Trinajstić information content (AvgIpc) is 2.42. The Kier molecular flexibility index (Phi) is 4.78. The molecule has 0 unspecified atom stereocenters. The summed E-state index contributed by atoms with van der Waals surface area (Å²) >= 11 is 0. The number of ether oxygens (including phenoxy) is 1. The second-order valence-electron chi connectivity index (χ2n) is 5.00. The van der Waals surface area contributed by atoms with Gasteiger partial charge in [-0.1, -0.05) is 29.8 Å². The summed E-state index contributed by atoms with van der Waals surface area (Å²) in [6.45, 7) is 1.88. The quantitative estimate of drug-likeness (QED) is 0.856. The van der Waals surface area contributed by atoms with Crippen molar-refractivity contribution in [2.24, 2.45) is 0 Å². The normalized spacial score (nSPS) is 10.2. The van der Waals surface area contributed by atoms with Crippen molar-refractivity contribution in [3.8, 4) is 11.5 Å². The monoisotopic (exact) mass is 300 g/mol. The van der Waals surface area contributed by atoms with Crippen LogP contribution in [0.4, 0.5) is 0 Å². The van der Waals surface area contributed by atoms with Crippen molar-refractivity contribution in [3.05, 3.63) is 59.2 Å². The lowest BCUT2D eigenvalue weighted by atomic mass is 10.1. The molecule has 114 valence electrons. The summed E-state index contributed by atoms with van der Waals surface area (Å²) in [6, 6.07) is 12.1. The first-order valence-corrected chi connectivity index (χ1v) is 6.74. The summed E-state index contributed by atoms with van der Waals surface area (Å²) in [6.07, 6.45) is -0.164. The molecule has 5 nitrogen and oxygen atoms in total. The molecule has 22 heavy (non-hydrogen) atoms. The van der Waals surface area contributed by atoms with Crippen molar-refractivity contribution >= 4 is 11.9 Å². The van der Waals surface area contributed by atoms with Crippen LogP contribution in [-0.4, -0.2) is 22.2 Å². The number of aryl methyl sites for hydroxylation is 1. The maximum absolute atomic E-state index is 10.9. The molecule has 2 aromatic rings. The van der Waals surface area contributed by atoms with E-state index in [1.54, 1.807) is 36.4 Å². The van der Waals surface area contributed by atoms with E-state index in [-0.39, 0.29) is 12.8 Å². The third-order valence-electron chi connectivity index (χ3n) is 3.06. The number of aliphatic carboxylic acids is 2. The lowest BCUT2D eigenvalue weighted by Gasteiger charge is -2.11.